The minimum Gasteiger partial charge on any atom is -0.366 e. The summed E-state index contributed by atoms with van der Waals surface area (Å²) in [4.78, 5) is 0.374. The maximum absolute atomic E-state index is 13.0. The van der Waals surface area contributed by atoms with Crippen molar-refractivity contribution in [1.82, 2.24) is 14.5 Å². The highest BCUT2D eigenvalue weighted by Gasteiger charge is 2.28. The van der Waals surface area contributed by atoms with E-state index >= 15 is 0 Å². The van der Waals surface area contributed by atoms with Gasteiger partial charge in [-0.1, -0.05) is 37.8 Å². The number of aromatic nitrogens is 2. The monoisotopic (exact) mass is 414 g/mol. The molecule has 7 heteroatoms. The molecule has 1 aliphatic heterocycles. The SMILES string of the molecule is Cc1ccc(-c2ccc(NC3CCCCCC3)nn2)cc1S(=O)(=O)N1CCCC1. The molecule has 2 heterocycles. The van der Waals surface area contributed by atoms with Gasteiger partial charge in [0.05, 0.1) is 10.6 Å². The minimum atomic E-state index is -3.46. The van der Waals surface area contributed by atoms with Gasteiger partial charge in [-0.3, -0.25) is 0 Å². The zero-order chi connectivity index (χ0) is 20.3. The lowest BCUT2D eigenvalue weighted by Gasteiger charge is -2.18. The topological polar surface area (TPSA) is 75.2 Å². The van der Waals surface area contributed by atoms with Crippen molar-refractivity contribution in [2.75, 3.05) is 18.4 Å². The molecule has 0 unspecified atom stereocenters. The average molecular weight is 415 g/mol. The molecule has 2 aliphatic rings. The van der Waals surface area contributed by atoms with Crippen molar-refractivity contribution < 1.29 is 8.42 Å². The van der Waals surface area contributed by atoms with E-state index in [4.69, 9.17) is 0 Å². The number of hydrogen-bond acceptors (Lipinski definition) is 5. The lowest BCUT2D eigenvalue weighted by Crippen LogP contribution is -2.28. The van der Waals surface area contributed by atoms with Gasteiger partial charge in [0.2, 0.25) is 10.0 Å². The molecule has 4 rings (SSSR count). The molecule has 1 saturated carbocycles. The molecule has 0 amide bonds. The largest absolute Gasteiger partial charge is 0.366 e. The summed E-state index contributed by atoms with van der Waals surface area (Å²) in [6.45, 7) is 3.05. The van der Waals surface area contributed by atoms with Gasteiger partial charge in [-0.25, -0.2) is 8.42 Å². The Bertz CT molecular complexity index is 930. The molecular formula is C22H30N4O2S. The second-order valence-electron chi connectivity index (χ2n) is 8.23. The molecule has 1 aromatic carbocycles. The van der Waals surface area contributed by atoms with Crippen LogP contribution in [0.4, 0.5) is 5.82 Å². The van der Waals surface area contributed by atoms with E-state index in [1.807, 2.05) is 31.2 Å². The Morgan fingerprint density at radius 3 is 2.31 bits per heavy atom. The fourth-order valence-electron chi connectivity index (χ4n) is 4.30. The average Bonchev–Trinajstić information content (AvgIpc) is 3.16. The van der Waals surface area contributed by atoms with Gasteiger partial charge in [0.25, 0.3) is 0 Å². The molecule has 1 aliphatic carbocycles. The summed E-state index contributed by atoms with van der Waals surface area (Å²) in [5, 5.41) is 12.2. The van der Waals surface area contributed by atoms with Crippen LogP contribution in [0.2, 0.25) is 0 Å². The quantitative estimate of drug-likeness (QED) is 0.735. The van der Waals surface area contributed by atoms with Crippen molar-refractivity contribution in [2.45, 2.75) is 69.2 Å². The normalized spacial score (nSPS) is 19.2. The van der Waals surface area contributed by atoms with Gasteiger partial charge in [-0.05, 0) is 56.4 Å². The zero-order valence-electron chi connectivity index (χ0n) is 17.1. The van der Waals surface area contributed by atoms with Gasteiger partial charge in [0.1, 0.15) is 5.82 Å². The Morgan fingerprint density at radius 1 is 0.931 bits per heavy atom. The molecule has 29 heavy (non-hydrogen) atoms. The van der Waals surface area contributed by atoms with Crippen LogP contribution in [0.3, 0.4) is 0 Å². The predicted octanol–water partition coefficient (Wildman–Crippen LogP) is 4.37. The van der Waals surface area contributed by atoms with Crippen LogP contribution in [0, 0.1) is 6.92 Å². The number of aryl methyl sites for hydroxylation is 1. The fraction of sp³-hybridized carbons (Fsp3) is 0.545. The fourth-order valence-corrected chi connectivity index (χ4v) is 6.07. The number of anilines is 1. The van der Waals surface area contributed by atoms with Crippen LogP contribution in [0.5, 0.6) is 0 Å². The predicted molar refractivity (Wildman–Crippen MR) is 115 cm³/mol. The molecule has 2 fully saturated rings. The molecular weight excluding hydrogens is 384 g/mol. The lowest BCUT2D eigenvalue weighted by molar-refractivity contribution is 0.477. The smallest absolute Gasteiger partial charge is 0.243 e. The van der Waals surface area contributed by atoms with Crippen LogP contribution in [-0.2, 0) is 10.0 Å². The second-order valence-corrected chi connectivity index (χ2v) is 10.1. The third-order valence-corrected chi connectivity index (χ3v) is 8.08. The first-order valence-corrected chi connectivity index (χ1v) is 12.2. The van der Waals surface area contributed by atoms with E-state index in [0.29, 0.717) is 29.7 Å². The summed E-state index contributed by atoms with van der Waals surface area (Å²) >= 11 is 0. The first-order chi connectivity index (χ1) is 14.0. The van der Waals surface area contributed by atoms with E-state index in [1.54, 1.807) is 10.4 Å². The van der Waals surface area contributed by atoms with Crippen LogP contribution < -0.4 is 5.32 Å². The van der Waals surface area contributed by atoms with Crippen LogP contribution in [-0.4, -0.2) is 42.1 Å². The van der Waals surface area contributed by atoms with E-state index in [2.05, 4.69) is 15.5 Å². The number of hydrogen-bond donors (Lipinski definition) is 1. The number of sulfonamides is 1. The van der Waals surface area contributed by atoms with Gasteiger partial charge < -0.3 is 5.32 Å². The number of nitrogens with one attached hydrogen (secondary N) is 1. The summed E-state index contributed by atoms with van der Waals surface area (Å²) < 4.78 is 27.6. The number of nitrogens with zero attached hydrogens (tertiary/aromatic N) is 3. The Balaban J connectivity index is 1.54. The summed E-state index contributed by atoms with van der Waals surface area (Å²) in [6.07, 6.45) is 9.38. The summed E-state index contributed by atoms with van der Waals surface area (Å²) in [5.41, 5.74) is 2.23. The Kier molecular flexibility index (Phi) is 6.15. The van der Waals surface area contributed by atoms with Gasteiger partial charge >= 0.3 is 0 Å². The highest BCUT2D eigenvalue weighted by atomic mass is 32.2. The number of rotatable bonds is 5. The van der Waals surface area contributed by atoms with E-state index < -0.39 is 10.0 Å². The summed E-state index contributed by atoms with van der Waals surface area (Å²) in [5.74, 6) is 0.790. The van der Waals surface area contributed by atoms with Gasteiger partial charge in [0, 0.05) is 24.7 Å². The zero-order valence-corrected chi connectivity index (χ0v) is 17.9. The molecule has 156 valence electrons. The Hall–Kier alpha value is -1.99. The molecule has 1 saturated heterocycles. The van der Waals surface area contributed by atoms with Crippen LogP contribution in [0.15, 0.2) is 35.2 Å². The third-order valence-electron chi connectivity index (χ3n) is 6.04. The summed E-state index contributed by atoms with van der Waals surface area (Å²) in [7, 11) is -3.46. The maximum Gasteiger partial charge on any atom is 0.243 e. The van der Waals surface area contributed by atoms with E-state index in [-0.39, 0.29) is 0 Å². The molecule has 0 radical (unpaired) electrons. The van der Waals surface area contributed by atoms with E-state index in [1.165, 1.54) is 38.5 Å². The van der Waals surface area contributed by atoms with Crippen molar-refractivity contribution in [2.24, 2.45) is 0 Å². The Labute approximate surface area is 173 Å². The second kappa shape index (κ2) is 8.79. The van der Waals surface area contributed by atoms with Crippen molar-refractivity contribution >= 4 is 15.8 Å². The van der Waals surface area contributed by atoms with Crippen molar-refractivity contribution in [1.29, 1.82) is 0 Å². The molecule has 1 N–H and O–H groups in total. The van der Waals surface area contributed by atoms with Crippen molar-refractivity contribution in [3.8, 4) is 11.3 Å². The minimum absolute atomic E-state index is 0.374. The summed E-state index contributed by atoms with van der Waals surface area (Å²) in [6, 6.07) is 9.85. The first kappa shape index (κ1) is 20.3. The standard InChI is InChI=1S/C22H30N4O2S/c1-17-10-11-18(16-21(17)29(27,28)26-14-6-7-15-26)20-12-13-22(25-24-20)23-19-8-4-2-3-5-9-19/h10-13,16,19H,2-9,14-15H2,1H3,(H,23,25). The van der Waals surface area contributed by atoms with E-state index in [9.17, 15) is 8.42 Å². The van der Waals surface area contributed by atoms with Gasteiger partial charge in [-0.15, -0.1) is 10.2 Å². The molecule has 6 nitrogen and oxygen atoms in total. The lowest BCUT2D eigenvalue weighted by atomic mass is 10.1. The maximum atomic E-state index is 13.0. The van der Waals surface area contributed by atoms with Gasteiger partial charge in [0.15, 0.2) is 0 Å². The highest BCUT2D eigenvalue weighted by Crippen LogP contribution is 2.28. The first-order valence-electron chi connectivity index (χ1n) is 10.8. The third kappa shape index (κ3) is 4.61. The van der Waals surface area contributed by atoms with E-state index in [0.717, 1.165) is 29.8 Å². The molecule has 1 aromatic heterocycles. The molecule has 2 aromatic rings. The molecule has 0 spiro atoms. The molecule has 0 bridgehead atoms. The van der Waals surface area contributed by atoms with Crippen molar-refractivity contribution in [3.63, 3.8) is 0 Å². The van der Waals surface area contributed by atoms with Gasteiger partial charge in [-0.2, -0.15) is 4.31 Å². The molecule has 0 atom stereocenters. The van der Waals surface area contributed by atoms with Crippen LogP contribution >= 0.6 is 0 Å². The Morgan fingerprint density at radius 2 is 1.66 bits per heavy atom. The van der Waals surface area contributed by atoms with Crippen LogP contribution in [0.25, 0.3) is 11.3 Å². The highest BCUT2D eigenvalue weighted by molar-refractivity contribution is 7.89. The van der Waals surface area contributed by atoms with Crippen LogP contribution in [0.1, 0.15) is 56.9 Å². The van der Waals surface area contributed by atoms with Crippen molar-refractivity contribution in [3.05, 3.63) is 35.9 Å². The number of benzene rings is 1.